The summed E-state index contributed by atoms with van der Waals surface area (Å²) in [5, 5.41) is 2.43. The van der Waals surface area contributed by atoms with E-state index in [2.05, 4.69) is 114 Å². The van der Waals surface area contributed by atoms with Gasteiger partial charge in [-0.2, -0.15) is 0 Å². The molecule has 0 unspecified atom stereocenters. The van der Waals surface area contributed by atoms with Crippen molar-refractivity contribution >= 4 is 38.1 Å². The number of benzene rings is 4. The second-order valence-electron chi connectivity index (χ2n) is 13.5. The Morgan fingerprint density at radius 2 is 1.11 bits per heavy atom. The quantitative estimate of drug-likeness (QED) is 0.124. The van der Waals surface area contributed by atoms with E-state index in [9.17, 15) is 0 Å². The minimum atomic E-state index is -1.62. The van der Waals surface area contributed by atoms with Crippen LogP contribution in [0.3, 0.4) is 0 Å². The van der Waals surface area contributed by atoms with Gasteiger partial charge in [0.25, 0.3) is 0 Å². The minimum Gasteiger partial charge on any atom is -0.399 e. The molecule has 3 nitrogen and oxygen atoms in total. The van der Waals surface area contributed by atoms with Gasteiger partial charge in [0.05, 0.1) is 6.61 Å². The van der Waals surface area contributed by atoms with E-state index in [0.29, 0.717) is 17.9 Å². The molecule has 1 saturated heterocycles. The normalized spacial score (nSPS) is 16.8. The summed E-state index contributed by atoms with van der Waals surface area (Å²) in [5.41, 5.74) is 13.8. The maximum Gasteiger partial charge on any atom is 0.387 e. The van der Waals surface area contributed by atoms with Gasteiger partial charge in [-0.05, 0) is 117 Å². The summed E-state index contributed by atoms with van der Waals surface area (Å²) < 4.78 is 20.7. The fourth-order valence-corrected chi connectivity index (χ4v) is 12.2. The monoisotopic (exact) mass is 666 g/mol. The van der Waals surface area contributed by atoms with Crippen LogP contribution in [0, 0.1) is 27.7 Å². The average Bonchev–Trinajstić information content (AvgIpc) is 3.43. The predicted octanol–water partition coefficient (Wildman–Crippen LogP) is 13.4. The van der Waals surface area contributed by atoms with Gasteiger partial charge in [0.2, 0.25) is 0 Å². The zero-order chi connectivity index (χ0) is 32.9. The first-order chi connectivity index (χ1) is 22.9. The van der Waals surface area contributed by atoms with Crippen LogP contribution in [0.2, 0.25) is 0 Å². The lowest BCUT2D eigenvalue weighted by molar-refractivity contribution is 0.395. The molecule has 4 aromatic carbocycles. The first kappa shape index (κ1) is 34.0. The Kier molecular flexibility index (Phi) is 11.3. The zero-order valence-electron chi connectivity index (χ0n) is 29.3. The molecule has 47 heavy (non-hydrogen) atoms. The van der Waals surface area contributed by atoms with Gasteiger partial charge in [0.15, 0.2) is 0 Å². The zero-order valence-corrected chi connectivity index (χ0v) is 31.1. The van der Waals surface area contributed by atoms with Crippen molar-refractivity contribution in [2.45, 2.75) is 104 Å². The van der Waals surface area contributed by atoms with E-state index in [0.717, 1.165) is 55.9 Å². The predicted molar refractivity (Wildman–Crippen MR) is 203 cm³/mol. The highest BCUT2D eigenvalue weighted by atomic mass is 31.1. The molecule has 2 heterocycles. The van der Waals surface area contributed by atoms with Crippen LogP contribution >= 0.6 is 16.2 Å². The molecule has 5 heteroatoms. The molecule has 0 spiro atoms. The third-order valence-electron chi connectivity index (χ3n) is 10.4. The fourth-order valence-electron chi connectivity index (χ4n) is 7.53. The van der Waals surface area contributed by atoms with Crippen molar-refractivity contribution in [1.82, 2.24) is 0 Å². The molecule has 0 N–H and O–H groups in total. The van der Waals surface area contributed by atoms with Crippen molar-refractivity contribution in [2.24, 2.45) is 0 Å². The van der Waals surface area contributed by atoms with Crippen molar-refractivity contribution in [3.8, 4) is 0 Å². The first-order valence-corrected chi connectivity index (χ1v) is 20.6. The number of hydrogen-bond donors (Lipinski definition) is 0. The van der Waals surface area contributed by atoms with Crippen molar-refractivity contribution in [3.63, 3.8) is 0 Å². The van der Waals surface area contributed by atoms with Crippen LogP contribution < -0.4 is 4.52 Å². The Labute approximate surface area is 284 Å². The molecule has 0 aliphatic carbocycles. The highest BCUT2D eigenvalue weighted by Gasteiger charge is 2.37. The van der Waals surface area contributed by atoms with Gasteiger partial charge in [-0.25, -0.2) is 0 Å². The molecule has 1 aliphatic rings. The minimum absolute atomic E-state index is 0.336. The van der Waals surface area contributed by atoms with Gasteiger partial charge in [-0.1, -0.05) is 107 Å². The topological polar surface area (TPSA) is 35.5 Å². The molecule has 0 amide bonds. The molecule has 0 saturated carbocycles. The Hall–Kier alpha value is -2.83. The van der Waals surface area contributed by atoms with Gasteiger partial charge in [0, 0.05) is 22.1 Å². The van der Waals surface area contributed by atoms with E-state index in [1.54, 1.807) is 0 Å². The smallest absolute Gasteiger partial charge is 0.387 e. The van der Waals surface area contributed by atoms with E-state index in [1.165, 1.54) is 68.1 Å². The van der Waals surface area contributed by atoms with Crippen LogP contribution in [0.25, 0.3) is 21.9 Å². The van der Waals surface area contributed by atoms with E-state index < -0.39 is 8.24 Å². The summed E-state index contributed by atoms with van der Waals surface area (Å²) in [4.78, 5) is 0. The molecule has 1 fully saturated rings. The lowest BCUT2D eigenvalue weighted by Crippen LogP contribution is -2.05. The third kappa shape index (κ3) is 7.29. The number of aryl methyl sites for hydroxylation is 6. The lowest BCUT2D eigenvalue weighted by atomic mass is 9.91. The molecule has 6 rings (SSSR count). The highest BCUT2D eigenvalue weighted by Crippen LogP contribution is 2.70. The summed E-state index contributed by atoms with van der Waals surface area (Å²) >= 11 is 0. The van der Waals surface area contributed by atoms with Crippen LogP contribution in [-0.2, 0) is 12.8 Å². The summed E-state index contributed by atoms with van der Waals surface area (Å²) in [7, 11) is -1.96. The van der Waals surface area contributed by atoms with Crippen molar-refractivity contribution < 1.29 is 12.9 Å². The highest BCUT2D eigenvalue weighted by molar-refractivity contribution is 7.58. The summed E-state index contributed by atoms with van der Waals surface area (Å²) in [6.07, 6.45) is 10.0. The molecule has 2 atom stereocenters. The second-order valence-corrected chi connectivity index (χ2v) is 17.3. The largest absolute Gasteiger partial charge is 0.399 e. The van der Waals surface area contributed by atoms with Gasteiger partial charge < -0.3 is 8.39 Å². The van der Waals surface area contributed by atoms with Gasteiger partial charge >= 0.3 is 8.24 Å². The van der Waals surface area contributed by atoms with E-state index in [-0.39, 0.29) is 7.92 Å². The van der Waals surface area contributed by atoms with Gasteiger partial charge in [-0.15, -0.1) is 0 Å². The molecule has 5 aromatic rings. The van der Waals surface area contributed by atoms with E-state index >= 15 is 0 Å². The Bertz CT molecular complexity index is 1720. The Balaban J connectivity index is 1.44. The summed E-state index contributed by atoms with van der Waals surface area (Å²) in [6, 6.07) is 27.1. The Morgan fingerprint density at radius 1 is 0.660 bits per heavy atom. The third-order valence-corrected chi connectivity index (χ3v) is 14.8. The maximum absolute atomic E-state index is 6.97. The molecule has 0 radical (unpaired) electrons. The lowest BCUT2D eigenvalue weighted by Gasteiger charge is -2.26. The van der Waals surface area contributed by atoms with Gasteiger partial charge in [-0.3, -0.25) is 4.52 Å². The number of rotatable bonds is 12. The summed E-state index contributed by atoms with van der Waals surface area (Å²) in [5.74, 6) is 0. The summed E-state index contributed by atoms with van der Waals surface area (Å²) in [6.45, 7) is 14.2. The average molecular weight is 667 g/mol. The molecule has 248 valence electrons. The van der Waals surface area contributed by atoms with Crippen LogP contribution in [0.5, 0.6) is 0 Å². The Morgan fingerprint density at radius 3 is 1.53 bits per heavy atom. The number of hydrogen-bond acceptors (Lipinski definition) is 3. The standard InChI is InChI=1S/C42H52O3P2/c1-7-9-17-35-27-29(3)31(5)39-40-32(6)30(4)28-36(18-10-8-2)42(40)45-47(44-41(35)39)43-25-26-46-37(33-19-13-11-14-20-33)23-24-38(46)34-21-15-12-16-22-34/h11-16,19-22,27-28,37-38H,7-10,17-18,23-26H2,1-6H3/t37-,38-/m1/s1. The maximum atomic E-state index is 6.97. The SMILES string of the molecule is CCCCc1cc(C)c(C)c2c1op(OCCP1[C@@H](c3ccccc3)CC[C@@H]1c1ccccc1)oc1c(CCCC)cc(C)c(C)c12. The van der Waals surface area contributed by atoms with Crippen LogP contribution in [-0.4, -0.2) is 12.8 Å². The number of unbranched alkanes of at least 4 members (excludes halogenated alkanes) is 2. The van der Waals surface area contributed by atoms with Crippen LogP contribution in [0.4, 0.5) is 0 Å². The van der Waals surface area contributed by atoms with Crippen molar-refractivity contribution in [2.75, 3.05) is 12.8 Å². The van der Waals surface area contributed by atoms with Crippen LogP contribution in [0.1, 0.15) is 108 Å². The molecule has 0 bridgehead atoms. The van der Waals surface area contributed by atoms with E-state index in [4.69, 9.17) is 12.9 Å². The molecular weight excluding hydrogens is 614 g/mol. The molecular formula is C42H52O3P2. The van der Waals surface area contributed by atoms with Crippen molar-refractivity contribution in [3.05, 3.63) is 117 Å². The van der Waals surface area contributed by atoms with Gasteiger partial charge in [0.1, 0.15) is 11.2 Å². The first-order valence-electron chi connectivity index (χ1n) is 17.8. The fraction of sp³-hybridized carbons (Fsp3) is 0.429. The van der Waals surface area contributed by atoms with E-state index in [1.807, 2.05) is 0 Å². The second kappa shape index (κ2) is 15.6. The van der Waals surface area contributed by atoms with Crippen LogP contribution in [0.15, 0.2) is 81.2 Å². The number of fused-ring (bicyclic) bond motifs is 3. The van der Waals surface area contributed by atoms with Crippen molar-refractivity contribution in [1.29, 1.82) is 0 Å². The molecule has 1 aliphatic heterocycles. The molecule has 1 aromatic heterocycles.